The molecule has 3 heteroatoms. The van der Waals surface area contributed by atoms with E-state index >= 15 is 0 Å². The smallest absolute Gasteiger partial charge is 0.309 e. The summed E-state index contributed by atoms with van der Waals surface area (Å²) in [5.41, 5.74) is 0. The first kappa shape index (κ1) is 12.2. The lowest BCUT2D eigenvalue weighted by Crippen LogP contribution is -2.21. The lowest BCUT2D eigenvalue weighted by molar-refractivity contribution is -0.151. The fourth-order valence-electron chi connectivity index (χ4n) is 0.843. The number of carbonyl (C=O) groups is 1. The minimum absolute atomic E-state index is 0.0323. The van der Waals surface area contributed by atoms with Crippen molar-refractivity contribution in [3.8, 4) is 0 Å². The van der Waals surface area contributed by atoms with Crippen LogP contribution in [0.2, 0.25) is 0 Å². The van der Waals surface area contributed by atoms with Crippen molar-refractivity contribution in [2.75, 3.05) is 4.43 Å². The molecule has 0 N–H and O–H groups in total. The van der Waals surface area contributed by atoms with E-state index in [9.17, 15) is 4.79 Å². The summed E-state index contributed by atoms with van der Waals surface area (Å²) in [6.45, 7) is 5.93. The molecule has 0 saturated carbocycles. The third-order valence-electron chi connectivity index (χ3n) is 1.65. The molecule has 0 aromatic rings. The van der Waals surface area contributed by atoms with Crippen LogP contribution in [0.4, 0.5) is 0 Å². The van der Waals surface area contributed by atoms with Gasteiger partial charge < -0.3 is 4.74 Å². The van der Waals surface area contributed by atoms with Gasteiger partial charge in [-0.15, -0.1) is 0 Å². The molecule has 12 heavy (non-hydrogen) atoms. The predicted molar refractivity (Wildman–Crippen MR) is 58.5 cm³/mol. The lowest BCUT2D eigenvalue weighted by atomic mass is 10.2. The monoisotopic (exact) mass is 284 g/mol. The van der Waals surface area contributed by atoms with Gasteiger partial charge in [0.15, 0.2) is 0 Å². The highest BCUT2D eigenvalue weighted by Crippen LogP contribution is 2.08. The highest BCUT2D eigenvalue weighted by atomic mass is 127. The highest BCUT2D eigenvalue weighted by Gasteiger charge is 2.15. The first-order valence-corrected chi connectivity index (χ1v) is 5.90. The molecule has 0 heterocycles. The summed E-state index contributed by atoms with van der Waals surface area (Å²) in [6, 6.07) is 0. The minimum atomic E-state index is -0.0645. The van der Waals surface area contributed by atoms with Crippen LogP contribution in [0.25, 0.3) is 0 Å². The van der Waals surface area contributed by atoms with Gasteiger partial charge in [0, 0.05) is 4.43 Å². The Bertz CT molecular complexity index is 136. The van der Waals surface area contributed by atoms with Crippen LogP contribution in [-0.4, -0.2) is 16.5 Å². The second kappa shape index (κ2) is 6.69. The zero-order chi connectivity index (χ0) is 9.56. The fourth-order valence-corrected chi connectivity index (χ4v) is 1.20. The Hall–Kier alpha value is 0.200. The Morgan fingerprint density at radius 1 is 1.50 bits per heavy atom. The van der Waals surface area contributed by atoms with Crippen LogP contribution < -0.4 is 0 Å². The minimum Gasteiger partial charge on any atom is -0.462 e. The third-order valence-corrected chi connectivity index (χ3v) is 2.97. The molecule has 0 spiro atoms. The zero-order valence-corrected chi connectivity index (χ0v) is 10.1. The molecular weight excluding hydrogens is 267 g/mol. The molecule has 0 aliphatic heterocycles. The van der Waals surface area contributed by atoms with Gasteiger partial charge in [-0.3, -0.25) is 4.79 Å². The second-order valence-electron chi connectivity index (χ2n) is 3.09. The summed E-state index contributed by atoms with van der Waals surface area (Å²) in [5.74, 6) is -0.0322. The van der Waals surface area contributed by atoms with E-state index in [1.165, 1.54) is 0 Å². The van der Waals surface area contributed by atoms with E-state index in [0.29, 0.717) is 0 Å². The van der Waals surface area contributed by atoms with E-state index in [1.54, 1.807) is 0 Å². The average molecular weight is 284 g/mol. The highest BCUT2D eigenvalue weighted by molar-refractivity contribution is 14.1. The van der Waals surface area contributed by atoms with Crippen molar-refractivity contribution < 1.29 is 9.53 Å². The second-order valence-corrected chi connectivity index (χ2v) is 3.97. The fraction of sp³-hybridized carbons (Fsp3) is 0.889. The number of ether oxygens (including phenoxy) is 1. The van der Waals surface area contributed by atoms with Crippen molar-refractivity contribution in [1.29, 1.82) is 0 Å². The maximum Gasteiger partial charge on any atom is 0.309 e. The Labute approximate surface area is 88.2 Å². The van der Waals surface area contributed by atoms with E-state index in [4.69, 9.17) is 4.74 Å². The summed E-state index contributed by atoms with van der Waals surface area (Å²) < 4.78 is 6.03. The molecule has 0 aromatic heterocycles. The summed E-state index contributed by atoms with van der Waals surface area (Å²) in [6.07, 6.45) is 2.10. The number of halogens is 1. The van der Waals surface area contributed by atoms with Gasteiger partial charge in [-0.2, -0.15) is 0 Å². The first-order valence-electron chi connectivity index (χ1n) is 4.38. The van der Waals surface area contributed by atoms with Crippen molar-refractivity contribution in [3.63, 3.8) is 0 Å². The van der Waals surface area contributed by atoms with Crippen LogP contribution in [0.5, 0.6) is 0 Å². The van der Waals surface area contributed by atoms with Crippen molar-refractivity contribution in [1.82, 2.24) is 0 Å². The van der Waals surface area contributed by atoms with Gasteiger partial charge in [0.2, 0.25) is 0 Å². The molecule has 0 fully saturated rings. The van der Waals surface area contributed by atoms with Crippen LogP contribution >= 0.6 is 22.6 Å². The van der Waals surface area contributed by atoms with Crippen LogP contribution in [-0.2, 0) is 9.53 Å². The molecule has 0 saturated heterocycles. The Morgan fingerprint density at radius 3 is 2.50 bits per heavy atom. The number of carbonyl (C=O) groups excluding carboxylic acids is 1. The SMILES string of the molecule is CCCC(C)OC(=O)C(C)CI. The van der Waals surface area contributed by atoms with Gasteiger partial charge in [-0.25, -0.2) is 0 Å². The van der Waals surface area contributed by atoms with E-state index in [1.807, 2.05) is 13.8 Å². The average Bonchev–Trinajstić information content (AvgIpc) is 2.03. The Morgan fingerprint density at radius 2 is 2.08 bits per heavy atom. The normalized spacial score (nSPS) is 15.3. The molecule has 2 nitrogen and oxygen atoms in total. The van der Waals surface area contributed by atoms with Crippen molar-refractivity contribution in [2.24, 2.45) is 5.92 Å². The van der Waals surface area contributed by atoms with Gasteiger partial charge in [0.25, 0.3) is 0 Å². The molecule has 2 atom stereocenters. The number of esters is 1. The molecule has 0 radical (unpaired) electrons. The van der Waals surface area contributed by atoms with Crippen molar-refractivity contribution in [3.05, 3.63) is 0 Å². The van der Waals surface area contributed by atoms with Gasteiger partial charge in [-0.1, -0.05) is 42.9 Å². The Kier molecular flexibility index (Phi) is 6.80. The topological polar surface area (TPSA) is 26.3 Å². The summed E-state index contributed by atoms with van der Waals surface area (Å²) in [4.78, 5) is 11.2. The zero-order valence-electron chi connectivity index (χ0n) is 7.97. The molecule has 0 rings (SSSR count). The summed E-state index contributed by atoms with van der Waals surface area (Å²) in [5, 5.41) is 0. The van der Waals surface area contributed by atoms with Crippen LogP contribution in [0, 0.1) is 5.92 Å². The maximum atomic E-state index is 11.2. The number of hydrogen-bond acceptors (Lipinski definition) is 2. The van der Waals surface area contributed by atoms with Gasteiger partial charge in [0.05, 0.1) is 12.0 Å². The summed E-state index contributed by atoms with van der Waals surface area (Å²) >= 11 is 2.20. The maximum absolute atomic E-state index is 11.2. The van der Waals surface area contributed by atoms with E-state index in [2.05, 4.69) is 29.5 Å². The lowest BCUT2D eigenvalue weighted by Gasteiger charge is -2.14. The van der Waals surface area contributed by atoms with Crippen molar-refractivity contribution >= 4 is 28.6 Å². The molecule has 0 aliphatic rings. The number of rotatable bonds is 5. The first-order chi connectivity index (χ1) is 5.61. The Balaban J connectivity index is 3.67. The number of alkyl halides is 1. The van der Waals surface area contributed by atoms with E-state index < -0.39 is 0 Å². The third kappa shape index (κ3) is 4.95. The van der Waals surface area contributed by atoms with Crippen LogP contribution in [0.15, 0.2) is 0 Å². The van der Waals surface area contributed by atoms with Crippen molar-refractivity contribution in [2.45, 2.75) is 39.7 Å². The molecule has 72 valence electrons. The quantitative estimate of drug-likeness (QED) is 0.441. The summed E-state index contributed by atoms with van der Waals surface area (Å²) in [7, 11) is 0. The molecule has 0 aliphatic carbocycles. The number of hydrogen-bond donors (Lipinski definition) is 0. The van der Waals surface area contributed by atoms with E-state index in [-0.39, 0.29) is 18.0 Å². The van der Waals surface area contributed by atoms with Crippen LogP contribution in [0.3, 0.4) is 0 Å². The van der Waals surface area contributed by atoms with E-state index in [0.717, 1.165) is 17.3 Å². The van der Waals surface area contributed by atoms with Crippen LogP contribution in [0.1, 0.15) is 33.6 Å². The molecule has 0 bridgehead atoms. The predicted octanol–water partition coefficient (Wildman–Crippen LogP) is 2.79. The molecule has 2 unspecified atom stereocenters. The molecule has 0 amide bonds. The molecular formula is C9H17IO2. The molecule has 0 aromatic carbocycles. The van der Waals surface area contributed by atoms with Gasteiger partial charge in [-0.05, 0) is 13.3 Å². The van der Waals surface area contributed by atoms with Gasteiger partial charge in [0.1, 0.15) is 0 Å². The van der Waals surface area contributed by atoms with Gasteiger partial charge >= 0.3 is 5.97 Å². The largest absolute Gasteiger partial charge is 0.462 e. The standard InChI is InChI=1S/C9H17IO2/c1-4-5-8(3)12-9(11)7(2)6-10/h7-8H,4-6H2,1-3H3.